The molecule has 3 aromatic carbocycles. The number of hydrogen-bond acceptors (Lipinski definition) is 4. The third-order valence-electron chi connectivity index (χ3n) is 8.36. The van der Waals surface area contributed by atoms with Crippen LogP contribution in [0.3, 0.4) is 0 Å². The van der Waals surface area contributed by atoms with Gasteiger partial charge in [-0.15, -0.1) is 11.3 Å². The highest BCUT2D eigenvalue weighted by molar-refractivity contribution is 7.17. The number of hydrogen-bond donors (Lipinski definition) is 0. The summed E-state index contributed by atoms with van der Waals surface area (Å²) in [5.74, 6) is -0.630. The number of ketones is 2. The quantitative estimate of drug-likeness (QED) is 0.173. The predicted octanol–water partition coefficient (Wildman–Crippen LogP) is 9.27. The first kappa shape index (κ1) is 23.9. The van der Waals surface area contributed by atoms with Crippen LogP contribution in [0.5, 0.6) is 0 Å². The number of rotatable bonds is 1. The van der Waals surface area contributed by atoms with E-state index in [0.29, 0.717) is 11.1 Å². The van der Waals surface area contributed by atoms with Crippen molar-refractivity contribution in [3.8, 4) is 0 Å². The van der Waals surface area contributed by atoms with Crippen LogP contribution < -0.4 is 4.90 Å². The molecule has 1 aliphatic carbocycles. The number of nitrogens with zero attached hydrogens (tertiary/aromatic N) is 1. The average molecular weight is 557 g/mol. The van der Waals surface area contributed by atoms with E-state index < -0.39 is 0 Å². The van der Waals surface area contributed by atoms with Gasteiger partial charge in [-0.25, -0.2) is 0 Å². The highest BCUT2D eigenvalue weighted by Gasteiger charge is 2.46. The predicted molar refractivity (Wildman–Crippen MR) is 156 cm³/mol. The summed E-state index contributed by atoms with van der Waals surface area (Å²) >= 11 is 13.9. The van der Waals surface area contributed by atoms with Gasteiger partial charge in [0.2, 0.25) is 0 Å². The Labute approximate surface area is 235 Å². The van der Waals surface area contributed by atoms with Gasteiger partial charge in [0.15, 0.2) is 11.6 Å². The van der Waals surface area contributed by atoms with E-state index >= 15 is 0 Å². The van der Waals surface area contributed by atoms with Gasteiger partial charge in [-0.3, -0.25) is 9.59 Å². The SMILES string of the molecule is CC1(C)c2ccccc2N2c3sc(C=C4C(=O)c5cc(Cl)c(Cl)cc5C4=O)cc3C(C)(C)c3cccc1c32. The van der Waals surface area contributed by atoms with Crippen molar-refractivity contribution >= 4 is 68.6 Å². The minimum atomic E-state index is -0.315. The van der Waals surface area contributed by atoms with Crippen LogP contribution in [0.2, 0.25) is 10.0 Å². The zero-order valence-electron chi connectivity index (χ0n) is 21.3. The van der Waals surface area contributed by atoms with Gasteiger partial charge >= 0.3 is 0 Å². The summed E-state index contributed by atoms with van der Waals surface area (Å²) in [6.07, 6.45) is 1.73. The van der Waals surface area contributed by atoms with Crippen molar-refractivity contribution in [2.24, 2.45) is 0 Å². The second kappa shape index (κ2) is 7.69. The minimum absolute atomic E-state index is 0.146. The molecule has 3 aliphatic rings. The van der Waals surface area contributed by atoms with Crippen LogP contribution in [0.15, 0.2) is 66.2 Å². The van der Waals surface area contributed by atoms with E-state index in [2.05, 4.69) is 81.1 Å². The Hall–Kier alpha value is -3.18. The van der Waals surface area contributed by atoms with Gasteiger partial charge in [-0.2, -0.15) is 0 Å². The second-order valence-electron chi connectivity index (χ2n) is 11.2. The van der Waals surface area contributed by atoms with Crippen LogP contribution in [-0.4, -0.2) is 11.6 Å². The normalized spacial score (nSPS) is 17.6. The van der Waals surface area contributed by atoms with E-state index in [1.165, 1.54) is 45.8 Å². The third-order valence-corrected chi connectivity index (χ3v) is 10.1. The lowest BCUT2D eigenvalue weighted by Crippen LogP contribution is -2.37. The molecule has 3 heterocycles. The first-order valence-corrected chi connectivity index (χ1v) is 14.1. The molecule has 38 heavy (non-hydrogen) atoms. The molecule has 0 spiro atoms. The lowest BCUT2D eigenvalue weighted by Gasteiger charge is -2.48. The highest BCUT2D eigenvalue weighted by atomic mass is 35.5. The lowest BCUT2D eigenvalue weighted by atomic mass is 9.67. The smallest absolute Gasteiger partial charge is 0.197 e. The van der Waals surface area contributed by atoms with E-state index in [4.69, 9.17) is 23.2 Å². The Morgan fingerprint density at radius 2 is 1.29 bits per heavy atom. The first-order valence-electron chi connectivity index (χ1n) is 12.5. The summed E-state index contributed by atoms with van der Waals surface area (Å²) in [7, 11) is 0. The standard InChI is InChI=1S/C32H23Cl2NO2S/c1-31(2)20-8-5-6-11-26(20)35-27-21(31)9-7-10-22(27)32(3,4)23-13-16(38-30(23)35)12-19-28(36)17-14-24(33)25(34)15-18(17)29(19)37/h5-15H,1-4H3. The highest BCUT2D eigenvalue weighted by Crippen LogP contribution is 2.61. The average Bonchev–Trinajstić information content (AvgIpc) is 3.40. The van der Waals surface area contributed by atoms with Crippen LogP contribution in [0.25, 0.3) is 6.08 Å². The van der Waals surface area contributed by atoms with Crippen molar-refractivity contribution in [1.82, 2.24) is 0 Å². The first-order chi connectivity index (χ1) is 18.0. The molecule has 3 nitrogen and oxygen atoms in total. The number of thiophene rings is 1. The Kier molecular flexibility index (Phi) is 4.84. The number of anilines is 3. The molecule has 4 aromatic rings. The number of benzene rings is 3. The van der Waals surface area contributed by atoms with Crippen LogP contribution in [0, 0.1) is 0 Å². The summed E-state index contributed by atoms with van der Waals surface area (Å²) in [5.41, 5.74) is 7.77. The number of fused-ring (bicyclic) bond motifs is 5. The third kappa shape index (κ3) is 2.97. The van der Waals surface area contributed by atoms with Crippen molar-refractivity contribution in [3.05, 3.63) is 115 Å². The van der Waals surface area contributed by atoms with Gasteiger partial charge in [0.25, 0.3) is 0 Å². The van der Waals surface area contributed by atoms with Crippen LogP contribution in [-0.2, 0) is 10.8 Å². The van der Waals surface area contributed by atoms with Crippen molar-refractivity contribution in [2.45, 2.75) is 38.5 Å². The molecule has 0 N–H and O–H groups in total. The van der Waals surface area contributed by atoms with Crippen molar-refractivity contribution < 1.29 is 9.59 Å². The van der Waals surface area contributed by atoms with Crippen molar-refractivity contribution in [3.63, 3.8) is 0 Å². The van der Waals surface area contributed by atoms with E-state index in [0.717, 1.165) is 9.88 Å². The largest absolute Gasteiger partial charge is 0.301 e. The zero-order chi connectivity index (χ0) is 26.7. The fourth-order valence-corrected chi connectivity index (χ4v) is 7.90. The Balaban J connectivity index is 1.44. The molecule has 0 saturated carbocycles. The van der Waals surface area contributed by atoms with Gasteiger partial charge < -0.3 is 4.90 Å². The summed E-state index contributed by atoms with van der Waals surface area (Å²) in [6.45, 7) is 9.08. The Morgan fingerprint density at radius 1 is 0.737 bits per heavy atom. The van der Waals surface area contributed by atoms with E-state index in [9.17, 15) is 9.59 Å². The fraction of sp³-hybridized carbons (Fsp3) is 0.188. The molecule has 188 valence electrons. The number of halogens is 2. The zero-order valence-corrected chi connectivity index (χ0v) is 23.6. The summed E-state index contributed by atoms with van der Waals surface area (Å²) in [5, 5.41) is 1.65. The van der Waals surface area contributed by atoms with Crippen molar-refractivity contribution in [2.75, 3.05) is 4.90 Å². The molecule has 0 radical (unpaired) electrons. The summed E-state index contributed by atoms with van der Waals surface area (Å²) in [4.78, 5) is 29.7. The number of carbonyl (C=O) groups is 2. The van der Waals surface area contributed by atoms with Crippen LogP contribution in [0.1, 0.15) is 75.5 Å². The number of allylic oxidation sites excluding steroid dienone is 1. The van der Waals surface area contributed by atoms with Crippen LogP contribution >= 0.6 is 34.5 Å². The molecule has 6 heteroatoms. The molecule has 0 saturated heterocycles. The van der Waals surface area contributed by atoms with Gasteiger partial charge in [0, 0.05) is 26.8 Å². The van der Waals surface area contributed by atoms with Gasteiger partial charge in [-0.1, -0.05) is 87.3 Å². The molecule has 2 aliphatic heterocycles. The summed E-state index contributed by atoms with van der Waals surface area (Å²) in [6, 6.07) is 20.3. The molecule has 0 fully saturated rings. The maximum atomic E-state index is 13.2. The number of para-hydroxylation sites is 2. The maximum Gasteiger partial charge on any atom is 0.197 e. The lowest BCUT2D eigenvalue weighted by molar-refractivity contribution is 0.0990. The number of Topliss-reactive ketones (excluding diaryl/α,β-unsaturated/α-hetero) is 2. The molecule has 0 bridgehead atoms. The van der Waals surface area contributed by atoms with E-state index in [1.54, 1.807) is 17.4 Å². The summed E-state index contributed by atoms with van der Waals surface area (Å²) < 4.78 is 0. The van der Waals surface area contributed by atoms with E-state index in [-0.39, 0.29) is 38.0 Å². The molecule has 0 atom stereocenters. The van der Waals surface area contributed by atoms with E-state index in [1.807, 2.05) is 0 Å². The fourth-order valence-electron chi connectivity index (χ4n) is 6.29. The Bertz CT molecular complexity index is 1750. The molecule has 7 rings (SSSR count). The second-order valence-corrected chi connectivity index (χ2v) is 13.1. The molecular weight excluding hydrogens is 533 g/mol. The van der Waals surface area contributed by atoms with Gasteiger partial charge in [0.1, 0.15) is 5.00 Å². The molecular formula is C32H23Cl2NO2S. The molecule has 0 unspecified atom stereocenters. The monoisotopic (exact) mass is 555 g/mol. The molecule has 1 aromatic heterocycles. The molecule has 0 amide bonds. The number of carbonyl (C=O) groups excluding carboxylic acids is 2. The topological polar surface area (TPSA) is 37.4 Å². The Morgan fingerprint density at radius 3 is 1.92 bits per heavy atom. The van der Waals surface area contributed by atoms with Crippen molar-refractivity contribution in [1.29, 1.82) is 0 Å². The van der Waals surface area contributed by atoms with Gasteiger partial charge in [0.05, 0.1) is 27.0 Å². The minimum Gasteiger partial charge on any atom is -0.301 e. The van der Waals surface area contributed by atoms with Crippen LogP contribution in [0.4, 0.5) is 16.4 Å². The van der Waals surface area contributed by atoms with Gasteiger partial charge in [-0.05, 0) is 52.6 Å². The maximum absolute atomic E-state index is 13.2.